The van der Waals surface area contributed by atoms with Crippen LogP contribution in [0.25, 0.3) is 10.9 Å². The third-order valence-electron chi connectivity index (χ3n) is 11.8. The lowest BCUT2D eigenvalue weighted by atomic mass is 9.40. The van der Waals surface area contributed by atoms with Crippen LogP contribution in [0.15, 0.2) is 35.9 Å². The predicted octanol–water partition coefficient (Wildman–Crippen LogP) is 4.95. The number of benzene rings is 1. The van der Waals surface area contributed by atoms with Crippen molar-refractivity contribution in [2.24, 2.45) is 11.3 Å². The van der Waals surface area contributed by atoms with E-state index in [-0.39, 0.29) is 11.5 Å². The highest BCUT2D eigenvalue weighted by Crippen LogP contribution is 2.75. The first-order valence-electron chi connectivity index (χ1n) is 14.5. The van der Waals surface area contributed by atoms with Gasteiger partial charge in [-0.1, -0.05) is 43.7 Å². The van der Waals surface area contributed by atoms with E-state index < -0.39 is 40.5 Å². The molecule has 0 radical (unpaired) electrons. The van der Waals surface area contributed by atoms with Gasteiger partial charge in [0.1, 0.15) is 23.9 Å². The van der Waals surface area contributed by atoms with E-state index >= 15 is 0 Å². The number of aromatic nitrogens is 1. The first-order valence-corrected chi connectivity index (χ1v) is 14.5. The summed E-state index contributed by atoms with van der Waals surface area (Å²) in [6, 6.07) is 8.59. The Balaban J connectivity index is 1.25. The molecule has 1 spiro atoms. The largest absolute Gasteiger partial charge is 0.387 e. The average Bonchev–Trinajstić information content (AvgIpc) is 3.44. The van der Waals surface area contributed by atoms with Gasteiger partial charge in [0.15, 0.2) is 5.60 Å². The van der Waals surface area contributed by atoms with Crippen LogP contribution in [0.4, 0.5) is 0 Å². The fraction of sp³-hybridized carbons (Fsp3) is 0.688. The Morgan fingerprint density at radius 3 is 2.71 bits per heavy atom. The van der Waals surface area contributed by atoms with Crippen LogP contribution < -0.4 is 0 Å². The van der Waals surface area contributed by atoms with Crippen LogP contribution in [0, 0.1) is 11.3 Å². The summed E-state index contributed by atoms with van der Waals surface area (Å²) in [7, 11) is 0. The van der Waals surface area contributed by atoms with Gasteiger partial charge in [0.25, 0.3) is 0 Å². The first kappa shape index (κ1) is 25.3. The second-order valence-electron chi connectivity index (χ2n) is 14.0. The Kier molecular flexibility index (Phi) is 5.14. The second kappa shape index (κ2) is 7.73. The van der Waals surface area contributed by atoms with Gasteiger partial charge < -0.3 is 29.4 Å². The summed E-state index contributed by atoms with van der Waals surface area (Å²) in [6.45, 7) is 13.2. The molecule has 6 nitrogen and oxygen atoms in total. The predicted molar refractivity (Wildman–Crippen MR) is 146 cm³/mol. The summed E-state index contributed by atoms with van der Waals surface area (Å²) in [5.74, 6) is 0.466. The van der Waals surface area contributed by atoms with E-state index in [0.717, 1.165) is 25.7 Å². The van der Waals surface area contributed by atoms with Crippen molar-refractivity contribution in [2.45, 2.75) is 120 Å². The molecule has 9 atom stereocenters. The number of epoxide rings is 1. The Bertz CT molecular complexity index is 1330. The lowest BCUT2D eigenvalue weighted by Gasteiger charge is -2.66. The van der Waals surface area contributed by atoms with E-state index in [1.165, 1.54) is 27.7 Å². The summed E-state index contributed by atoms with van der Waals surface area (Å²) in [6.07, 6.45) is 4.21. The Labute approximate surface area is 225 Å². The zero-order valence-corrected chi connectivity index (χ0v) is 23.6. The van der Waals surface area contributed by atoms with Gasteiger partial charge >= 0.3 is 0 Å². The normalized spacial score (nSPS) is 45.0. The molecule has 0 bridgehead atoms. The molecule has 38 heavy (non-hydrogen) atoms. The molecule has 2 aromatic rings. The summed E-state index contributed by atoms with van der Waals surface area (Å²) >= 11 is 0. The standard InChI is InChI=1S/C32H43NO5/c1-18(2)13-16-36-28(3,4)26-24(34)27-32(38-27)23(37-26)12-14-29(5)30(6)19(11-15-31(29,32)35)17-21-20-9-7-8-10-22(20)33-25(21)30/h7-10,13,19,23-24,26-27,33-35H,11-12,14-17H2,1-6H3/t19?,23?,24-,26?,27?,29-,30-,31+,32?/m1/s1. The van der Waals surface area contributed by atoms with Crippen LogP contribution in [0.5, 0.6) is 0 Å². The molecule has 6 heteroatoms. The topological polar surface area (TPSA) is 87.2 Å². The minimum absolute atomic E-state index is 0.223. The fourth-order valence-corrected chi connectivity index (χ4v) is 9.47. The van der Waals surface area contributed by atoms with E-state index in [1.54, 1.807) is 0 Å². The van der Waals surface area contributed by atoms with Crippen LogP contribution in [-0.4, -0.2) is 63.0 Å². The zero-order chi connectivity index (χ0) is 26.9. The summed E-state index contributed by atoms with van der Waals surface area (Å²) in [5.41, 5.74) is 1.76. The van der Waals surface area contributed by atoms with Crippen LogP contribution >= 0.6 is 0 Å². The SMILES string of the molecule is CC(C)=CCOC(C)(C)C1OC2CC[C@]3(C)[C@@]4(C)c5[nH]c6ccccc6c5CC4CC[C@@]3(O)C23OC3[C@@H]1O. The molecule has 206 valence electrons. The van der Waals surface area contributed by atoms with Crippen molar-refractivity contribution in [3.8, 4) is 0 Å². The summed E-state index contributed by atoms with van der Waals surface area (Å²) in [5, 5.41) is 25.8. The van der Waals surface area contributed by atoms with Crippen molar-refractivity contribution in [2.75, 3.05) is 6.61 Å². The lowest BCUT2D eigenvalue weighted by Crippen LogP contribution is -2.76. The van der Waals surface area contributed by atoms with Crippen LogP contribution in [0.3, 0.4) is 0 Å². The number of nitrogens with one attached hydrogen (secondary N) is 1. The highest BCUT2D eigenvalue weighted by atomic mass is 16.7. The number of fused-ring (bicyclic) bond motifs is 7. The Morgan fingerprint density at radius 1 is 1.18 bits per heavy atom. The van der Waals surface area contributed by atoms with Gasteiger partial charge in [-0.15, -0.1) is 0 Å². The van der Waals surface area contributed by atoms with E-state index in [2.05, 4.69) is 43.1 Å². The Morgan fingerprint density at radius 2 is 1.95 bits per heavy atom. The van der Waals surface area contributed by atoms with Gasteiger partial charge in [-0.2, -0.15) is 0 Å². The number of para-hydroxylation sites is 1. The monoisotopic (exact) mass is 521 g/mol. The van der Waals surface area contributed by atoms with E-state index in [4.69, 9.17) is 14.2 Å². The molecule has 2 saturated heterocycles. The maximum Gasteiger partial charge on any atom is 0.152 e. The van der Waals surface area contributed by atoms with Gasteiger partial charge in [0.05, 0.1) is 18.3 Å². The molecule has 3 N–H and O–H groups in total. The highest BCUT2D eigenvalue weighted by Gasteiger charge is 2.86. The number of allylic oxidation sites excluding steroid dienone is 1. The number of rotatable bonds is 4. The third-order valence-corrected chi connectivity index (χ3v) is 11.8. The van der Waals surface area contributed by atoms with E-state index in [9.17, 15) is 10.2 Å². The average molecular weight is 522 g/mol. The molecule has 2 aliphatic heterocycles. The number of aromatic amines is 1. The quantitative estimate of drug-likeness (QED) is 0.392. The van der Waals surface area contributed by atoms with Crippen molar-refractivity contribution in [3.63, 3.8) is 0 Å². The molecule has 1 aromatic heterocycles. The van der Waals surface area contributed by atoms with Crippen molar-refractivity contribution in [3.05, 3.63) is 47.2 Å². The second-order valence-corrected chi connectivity index (χ2v) is 14.0. The molecule has 3 aliphatic carbocycles. The lowest BCUT2D eigenvalue weighted by molar-refractivity contribution is -0.283. The number of ether oxygens (including phenoxy) is 3. The molecule has 4 fully saturated rings. The summed E-state index contributed by atoms with van der Waals surface area (Å²) < 4.78 is 19.4. The van der Waals surface area contributed by atoms with Gasteiger partial charge in [0.2, 0.25) is 0 Å². The maximum absolute atomic E-state index is 12.9. The minimum atomic E-state index is -1.10. The van der Waals surface area contributed by atoms with E-state index in [0.29, 0.717) is 18.9 Å². The molecule has 7 rings (SSSR count). The van der Waals surface area contributed by atoms with Crippen molar-refractivity contribution in [1.29, 1.82) is 0 Å². The van der Waals surface area contributed by atoms with Crippen molar-refractivity contribution >= 4 is 10.9 Å². The summed E-state index contributed by atoms with van der Waals surface area (Å²) in [4.78, 5) is 3.80. The van der Waals surface area contributed by atoms with Crippen molar-refractivity contribution < 1.29 is 24.4 Å². The van der Waals surface area contributed by atoms with Gasteiger partial charge in [0, 0.05) is 27.4 Å². The van der Waals surface area contributed by atoms with Crippen LogP contribution in [0.2, 0.25) is 0 Å². The molecular formula is C32H43NO5. The molecule has 5 aliphatic rings. The van der Waals surface area contributed by atoms with Crippen LogP contribution in [-0.2, 0) is 26.0 Å². The van der Waals surface area contributed by atoms with Crippen molar-refractivity contribution in [1.82, 2.24) is 4.98 Å². The maximum atomic E-state index is 12.9. The number of aliphatic hydroxyl groups is 2. The fourth-order valence-electron chi connectivity index (χ4n) is 9.47. The van der Waals surface area contributed by atoms with E-state index in [1.807, 2.05) is 33.8 Å². The van der Waals surface area contributed by atoms with Crippen LogP contribution in [0.1, 0.15) is 78.5 Å². The van der Waals surface area contributed by atoms with Gasteiger partial charge in [-0.05, 0) is 77.3 Å². The number of hydrogen-bond acceptors (Lipinski definition) is 5. The highest BCUT2D eigenvalue weighted by molar-refractivity contribution is 5.86. The molecule has 1 aromatic carbocycles. The smallest absolute Gasteiger partial charge is 0.152 e. The number of hydrogen-bond donors (Lipinski definition) is 3. The molecule has 5 unspecified atom stereocenters. The van der Waals surface area contributed by atoms with Gasteiger partial charge in [-0.25, -0.2) is 0 Å². The molecule has 2 saturated carbocycles. The Hall–Kier alpha value is -1.70. The van der Waals surface area contributed by atoms with Gasteiger partial charge in [-0.3, -0.25) is 0 Å². The third kappa shape index (κ3) is 2.81. The molecule has 3 heterocycles. The zero-order valence-electron chi connectivity index (χ0n) is 23.6. The first-order chi connectivity index (χ1) is 17.9. The number of H-pyrrole nitrogens is 1. The number of aliphatic hydroxyl groups excluding tert-OH is 1. The minimum Gasteiger partial charge on any atom is -0.387 e. The molecule has 0 amide bonds. The molecular weight excluding hydrogens is 478 g/mol.